The highest BCUT2D eigenvalue weighted by molar-refractivity contribution is 6.04. The molecule has 3 aromatic carbocycles. The van der Waals surface area contributed by atoms with Crippen molar-refractivity contribution in [3.05, 3.63) is 108 Å². The van der Waals surface area contributed by atoms with Crippen LogP contribution >= 0.6 is 0 Å². The minimum Gasteiger partial charge on any atom is -0.382 e. The second kappa shape index (κ2) is 8.74. The van der Waals surface area contributed by atoms with E-state index < -0.39 is 6.10 Å². The first-order valence-corrected chi connectivity index (χ1v) is 8.43. The van der Waals surface area contributed by atoms with Crippen LogP contribution in [0.15, 0.2) is 96.1 Å². The molecule has 4 nitrogen and oxygen atoms in total. The lowest BCUT2D eigenvalue weighted by Gasteiger charge is -2.15. The van der Waals surface area contributed by atoms with Crippen LogP contribution in [0.4, 0.5) is 0 Å². The van der Waals surface area contributed by atoms with Crippen LogP contribution in [-0.4, -0.2) is 16.7 Å². The van der Waals surface area contributed by atoms with Crippen LogP contribution in [0.2, 0.25) is 0 Å². The Balaban J connectivity index is 1.81. The lowest BCUT2D eigenvalue weighted by Crippen LogP contribution is -2.24. The lowest BCUT2D eigenvalue weighted by atomic mass is 9.99. The number of hydrogen-bond donors (Lipinski definition) is 2. The first-order chi connectivity index (χ1) is 12.7. The molecule has 0 saturated carbocycles. The Morgan fingerprint density at radius 2 is 1.38 bits per heavy atom. The molecule has 26 heavy (non-hydrogen) atoms. The summed E-state index contributed by atoms with van der Waals surface area (Å²) in [7, 11) is 0. The summed E-state index contributed by atoms with van der Waals surface area (Å²) in [6, 6.07) is 28.1. The Morgan fingerprint density at radius 1 is 0.846 bits per heavy atom. The highest BCUT2D eigenvalue weighted by Gasteiger charge is 2.17. The average Bonchev–Trinajstić information content (AvgIpc) is 2.70. The molecule has 0 aromatic heterocycles. The molecule has 0 spiro atoms. The van der Waals surface area contributed by atoms with Gasteiger partial charge < -0.3 is 5.11 Å². The number of benzene rings is 3. The Bertz CT molecular complexity index is 862. The van der Waals surface area contributed by atoms with Crippen LogP contribution in [0.1, 0.15) is 22.8 Å². The lowest BCUT2D eigenvalue weighted by molar-refractivity contribution is -0.120. The van der Waals surface area contributed by atoms with Crippen molar-refractivity contribution in [2.24, 2.45) is 5.10 Å². The van der Waals surface area contributed by atoms with Gasteiger partial charge in [0.25, 0.3) is 0 Å². The van der Waals surface area contributed by atoms with Gasteiger partial charge in [0.15, 0.2) is 0 Å². The van der Waals surface area contributed by atoms with E-state index in [4.69, 9.17) is 0 Å². The maximum atomic E-state index is 12.2. The van der Waals surface area contributed by atoms with Crippen molar-refractivity contribution >= 4 is 11.6 Å². The van der Waals surface area contributed by atoms with E-state index in [1.807, 2.05) is 91.0 Å². The predicted molar refractivity (Wildman–Crippen MR) is 103 cm³/mol. The fourth-order valence-corrected chi connectivity index (χ4v) is 2.63. The van der Waals surface area contributed by atoms with E-state index in [-0.39, 0.29) is 12.3 Å². The number of carbonyl (C=O) groups is 1. The van der Waals surface area contributed by atoms with Gasteiger partial charge >= 0.3 is 0 Å². The maximum Gasteiger partial charge on any atom is 0.244 e. The van der Waals surface area contributed by atoms with E-state index in [0.29, 0.717) is 11.3 Å². The summed E-state index contributed by atoms with van der Waals surface area (Å²) in [5, 5.41) is 15.0. The predicted octanol–water partition coefficient (Wildman–Crippen LogP) is 3.48. The van der Waals surface area contributed by atoms with Crippen molar-refractivity contribution in [2.75, 3.05) is 0 Å². The van der Waals surface area contributed by atoms with Gasteiger partial charge in [-0.3, -0.25) is 4.79 Å². The second-order valence-electron chi connectivity index (χ2n) is 5.87. The zero-order valence-corrected chi connectivity index (χ0v) is 14.2. The van der Waals surface area contributed by atoms with E-state index >= 15 is 0 Å². The van der Waals surface area contributed by atoms with Crippen molar-refractivity contribution in [2.45, 2.75) is 12.5 Å². The number of amides is 1. The van der Waals surface area contributed by atoms with Gasteiger partial charge in [-0.1, -0.05) is 91.0 Å². The Hall–Kier alpha value is -3.24. The molecule has 3 rings (SSSR count). The third-order valence-electron chi connectivity index (χ3n) is 3.95. The molecule has 0 aliphatic rings. The van der Waals surface area contributed by atoms with Gasteiger partial charge in [-0.15, -0.1) is 0 Å². The monoisotopic (exact) mass is 344 g/mol. The number of hydrazone groups is 1. The van der Waals surface area contributed by atoms with Crippen LogP contribution in [0.5, 0.6) is 0 Å². The van der Waals surface area contributed by atoms with E-state index in [9.17, 15) is 9.90 Å². The largest absolute Gasteiger partial charge is 0.382 e. The van der Waals surface area contributed by atoms with E-state index in [0.717, 1.165) is 11.1 Å². The summed E-state index contributed by atoms with van der Waals surface area (Å²) in [5.74, 6) is -0.232. The molecule has 4 heteroatoms. The second-order valence-corrected chi connectivity index (χ2v) is 5.87. The normalized spacial score (nSPS) is 12.4. The van der Waals surface area contributed by atoms with Gasteiger partial charge in [0.05, 0.1) is 6.42 Å². The van der Waals surface area contributed by atoms with Gasteiger partial charge in [0.2, 0.25) is 5.91 Å². The minimum absolute atomic E-state index is 0.230. The van der Waals surface area contributed by atoms with E-state index in [2.05, 4.69) is 10.5 Å². The summed E-state index contributed by atoms with van der Waals surface area (Å²) in [6.07, 6.45) is -0.705. The quantitative estimate of drug-likeness (QED) is 0.531. The topological polar surface area (TPSA) is 61.7 Å². The van der Waals surface area contributed by atoms with Crippen LogP contribution < -0.4 is 5.43 Å². The number of hydrogen-bond acceptors (Lipinski definition) is 3. The fraction of sp³-hybridized carbons (Fsp3) is 0.0909. The van der Waals surface area contributed by atoms with Crippen LogP contribution in [0.25, 0.3) is 0 Å². The van der Waals surface area contributed by atoms with Crippen LogP contribution in [0.3, 0.4) is 0 Å². The van der Waals surface area contributed by atoms with Crippen molar-refractivity contribution in [1.29, 1.82) is 0 Å². The smallest absolute Gasteiger partial charge is 0.244 e. The van der Waals surface area contributed by atoms with Gasteiger partial charge in [-0.25, -0.2) is 5.43 Å². The summed E-state index contributed by atoms with van der Waals surface area (Å²) in [4.78, 5) is 12.2. The summed E-state index contributed by atoms with van der Waals surface area (Å²) in [6.45, 7) is 0. The molecule has 1 atom stereocenters. The number of nitrogens with zero attached hydrogens (tertiary/aromatic N) is 1. The molecule has 1 unspecified atom stereocenters. The van der Waals surface area contributed by atoms with Crippen LogP contribution in [0, 0.1) is 0 Å². The summed E-state index contributed by atoms with van der Waals surface area (Å²) in [5.41, 5.74) is 5.35. The Labute approximate surface area is 152 Å². The SMILES string of the molecule is O=C(Cc1ccccc1)N/N=C(/c1ccccc1)C(O)c1ccccc1. The van der Waals surface area contributed by atoms with Crippen molar-refractivity contribution in [3.63, 3.8) is 0 Å². The number of rotatable bonds is 6. The first kappa shape index (κ1) is 17.6. The molecular weight excluding hydrogens is 324 g/mol. The molecule has 0 heterocycles. The van der Waals surface area contributed by atoms with Gasteiger partial charge in [0.1, 0.15) is 11.8 Å². The molecule has 0 radical (unpaired) electrons. The summed E-state index contributed by atoms with van der Waals surface area (Å²) >= 11 is 0. The fourth-order valence-electron chi connectivity index (χ4n) is 2.63. The van der Waals surface area contributed by atoms with E-state index in [1.165, 1.54) is 0 Å². The molecule has 0 aliphatic heterocycles. The average molecular weight is 344 g/mol. The zero-order valence-electron chi connectivity index (χ0n) is 14.2. The third-order valence-corrected chi connectivity index (χ3v) is 3.95. The molecule has 1 amide bonds. The molecule has 2 N–H and O–H groups in total. The van der Waals surface area contributed by atoms with E-state index in [1.54, 1.807) is 0 Å². The van der Waals surface area contributed by atoms with Gasteiger partial charge in [0, 0.05) is 5.56 Å². The third kappa shape index (κ3) is 4.65. The Morgan fingerprint density at radius 3 is 2.00 bits per heavy atom. The number of carbonyl (C=O) groups excluding carboxylic acids is 1. The number of nitrogens with one attached hydrogen (secondary N) is 1. The van der Waals surface area contributed by atoms with Crippen LogP contribution in [-0.2, 0) is 11.2 Å². The summed E-state index contributed by atoms with van der Waals surface area (Å²) < 4.78 is 0. The minimum atomic E-state index is -0.935. The van der Waals surface area contributed by atoms with Gasteiger partial charge in [-0.05, 0) is 11.1 Å². The molecular formula is C22H20N2O2. The molecule has 3 aromatic rings. The highest BCUT2D eigenvalue weighted by atomic mass is 16.3. The number of aliphatic hydroxyl groups is 1. The van der Waals surface area contributed by atoms with Crippen molar-refractivity contribution in [1.82, 2.24) is 5.43 Å². The highest BCUT2D eigenvalue weighted by Crippen LogP contribution is 2.19. The first-order valence-electron chi connectivity index (χ1n) is 8.43. The molecule has 0 fully saturated rings. The maximum absolute atomic E-state index is 12.2. The standard InChI is InChI=1S/C22H20N2O2/c25-20(16-17-10-4-1-5-11-17)23-24-21(18-12-6-2-7-13-18)22(26)19-14-8-3-9-15-19/h1-15,22,26H,16H2,(H,23,25)/b24-21-. The Kier molecular flexibility index (Phi) is 5.91. The zero-order chi connectivity index (χ0) is 18.2. The van der Waals surface area contributed by atoms with Gasteiger partial charge in [-0.2, -0.15) is 5.10 Å². The molecule has 0 bridgehead atoms. The molecule has 0 saturated heterocycles. The van der Waals surface area contributed by atoms with Crippen molar-refractivity contribution in [3.8, 4) is 0 Å². The molecule has 130 valence electrons. The van der Waals surface area contributed by atoms with Crippen molar-refractivity contribution < 1.29 is 9.90 Å². The number of aliphatic hydroxyl groups excluding tert-OH is 1. The molecule has 0 aliphatic carbocycles.